The van der Waals surface area contributed by atoms with Crippen molar-refractivity contribution >= 4 is 11.8 Å². The number of carbonyl (C=O) groups is 2. The van der Waals surface area contributed by atoms with Crippen molar-refractivity contribution in [1.29, 1.82) is 0 Å². The van der Waals surface area contributed by atoms with Gasteiger partial charge in [-0.15, -0.1) is 0 Å². The number of benzene rings is 1. The van der Waals surface area contributed by atoms with Gasteiger partial charge in [-0.3, -0.25) is 9.59 Å². The van der Waals surface area contributed by atoms with Gasteiger partial charge in [0.2, 0.25) is 5.91 Å². The minimum absolute atomic E-state index is 0.0232. The third-order valence-electron chi connectivity index (χ3n) is 4.44. The molecular weight excluding hydrogens is 333 g/mol. The number of likely N-dealkylation sites (tertiary alicyclic amines) is 1. The van der Waals surface area contributed by atoms with Gasteiger partial charge in [-0.1, -0.05) is 13.3 Å². The Bertz CT molecular complexity index is 591. The molecule has 0 aromatic heterocycles. The lowest BCUT2D eigenvalue weighted by Gasteiger charge is -2.31. The van der Waals surface area contributed by atoms with E-state index in [1.807, 2.05) is 0 Å². The van der Waals surface area contributed by atoms with Crippen LogP contribution in [0.2, 0.25) is 0 Å². The summed E-state index contributed by atoms with van der Waals surface area (Å²) < 4.78 is 37.7. The lowest BCUT2D eigenvalue weighted by Crippen LogP contribution is -2.43. The molecule has 0 aliphatic carbocycles. The van der Waals surface area contributed by atoms with E-state index in [1.165, 1.54) is 12.1 Å². The van der Waals surface area contributed by atoms with Crippen molar-refractivity contribution in [3.05, 3.63) is 35.4 Å². The maximum absolute atomic E-state index is 12.6. The van der Waals surface area contributed by atoms with Crippen LogP contribution >= 0.6 is 0 Å². The van der Waals surface area contributed by atoms with Gasteiger partial charge in [0.15, 0.2) is 0 Å². The van der Waals surface area contributed by atoms with E-state index in [2.05, 4.69) is 12.2 Å². The van der Waals surface area contributed by atoms with Crippen LogP contribution in [0.3, 0.4) is 0 Å². The Morgan fingerprint density at radius 1 is 1.16 bits per heavy atom. The van der Waals surface area contributed by atoms with Gasteiger partial charge in [0.05, 0.1) is 5.56 Å². The molecule has 0 saturated carbocycles. The predicted molar refractivity (Wildman–Crippen MR) is 88.0 cm³/mol. The van der Waals surface area contributed by atoms with Crippen molar-refractivity contribution in [3.63, 3.8) is 0 Å². The van der Waals surface area contributed by atoms with E-state index in [0.29, 0.717) is 32.5 Å². The Labute approximate surface area is 145 Å². The summed E-state index contributed by atoms with van der Waals surface area (Å²) in [6.45, 7) is 3.59. The van der Waals surface area contributed by atoms with Gasteiger partial charge in [-0.2, -0.15) is 13.2 Å². The molecule has 0 atom stereocenters. The van der Waals surface area contributed by atoms with E-state index in [4.69, 9.17) is 0 Å². The molecule has 1 fully saturated rings. The second kappa shape index (κ2) is 8.36. The fourth-order valence-electron chi connectivity index (χ4n) is 2.86. The van der Waals surface area contributed by atoms with Gasteiger partial charge in [0, 0.05) is 31.1 Å². The average Bonchev–Trinajstić information content (AvgIpc) is 2.61. The summed E-state index contributed by atoms with van der Waals surface area (Å²) >= 11 is 0. The fourth-order valence-corrected chi connectivity index (χ4v) is 2.86. The summed E-state index contributed by atoms with van der Waals surface area (Å²) in [6.07, 6.45) is -1.31. The number of unbranched alkanes of at least 4 members (excludes halogenated alkanes) is 1. The van der Waals surface area contributed by atoms with Gasteiger partial charge in [0.1, 0.15) is 0 Å². The largest absolute Gasteiger partial charge is 0.416 e. The van der Waals surface area contributed by atoms with Gasteiger partial charge in [-0.25, -0.2) is 0 Å². The number of hydrogen-bond donors (Lipinski definition) is 1. The summed E-state index contributed by atoms with van der Waals surface area (Å²) in [5.74, 6) is -0.373. The molecule has 1 saturated heterocycles. The molecule has 138 valence electrons. The van der Waals surface area contributed by atoms with E-state index in [9.17, 15) is 22.8 Å². The molecule has 1 aliphatic rings. The van der Waals surface area contributed by atoms with Gasteiger partial charge in [-0.05, 0) is 43.5 Å². The summed E-state index contributed by atoms with van der Waals surface area (Å²) in [7, 11) is 0. The smallest absolute Gasteiger partial charge is 0.356 e. The standard InChI is InChI=1S/C18H23F3N2O2/c1-2-3-10-22-16(24)13-8-11-23(12-9-13)17(25)14-4-6-15(7-5-14)18(19,20)21/h4-7,13H,2-3,8-12H2,1H3,(H,22,24). The minimum atomic E-state index is -4.41. The maximum Gasteiger partial charge on any atom is 0.416 e. The highest BCUT2D eigenvalue weighted by Gasteiger charge is 2.31. The van der Waals surface area contributed by atoms with E-state index in [1.54, 1.807) is 4.90 Å². The quantitative estimate of drug-likeness (QED) is 0.822. The van der Waals surface area contributed by atoms with Crippen LogP contribution in [0.5, 0.6) is 0 Å². The summed E-state index contributed by atoms with van der Waals surface area (Å²) in [5.41, 5.74) is -0.537. The first-order valence-corrected chi connectivity index (χ1v) is 8.57. The molecule has 0 radical (unpaired) electrons. The summed E-state index contributed by atoms with van der Waals surface area (Å²) in [5, 5.41) is 2.90. The van der Waals surface area contributed by atoms with E-state index in [0.717, 1.165) is 25.0 Å². The van der Waals surface area contributed by atoms with Crippen LogP contribution in [0.15, 0.2) is 24.3 Å². The Morgan fingerprint density at radius 2 is 1.76 bits per heavy atom. The third-order valence-corrected chi connectivity index (χ3v) is 4.44. The van der Waals surface area contributed by atoms with Crippen LogP contribution in [0.4, 0.5) is 13.2 Å². The second-order valence-corrected chi connectivity index (χ2v) is 6.29. The molecule has 1 heterocycles. The average molecular weight is 356 g/mol. The number of nitrogens with one attached hydrogen (secondary N) is 1. The summed E-state index contributed by atoms with van der Waals surface area (Å²) in [6, 6.07) is 4.24. The van der Waals surface area contributed by atoms with E-state index in [-0.39, 0.29) is 23.3 Å². The predicted octanol–water partition coefficient (Wildman–Crippen LogP) is 3.47. The molecule has 4 nitrogen and oxygen atoms in total. The van der Waals surface area contributed by atoms with Crippen LogP contribution in [0.25, 0.3) is 0 Å². The number of nitrogens with zero attached hydrogens (tertiary/aromatic N) is 1. The fraction of sp³-hybridized carbons (Fsp3) is 0.556. The van der Waals surface area contributed by atoms with Crippen molar-refractivity contribution in [2.75, 3.05) is 19.6 Å². The molecule has 1 N–H and O–H groups in total. The third kappa shape index (κ3) is 5.21. The van der Waals surface area contributed by atoms with Crippen LogP contribution < -0.4 is 5.32 Å². The molecule has 0 spiro atoms. The van der Waals surface area contributed by atoms with E-state index >= 15 is 0 Å². The van der Waals surface area contributed by atoms with Crippen LogP contribution in [0, 0.1) is 5.92 Å². The number of alkyl halides is 3. The number of piperidine rings is 1. The van der Waals surface area contributed by atoms with Crippen LogP contribution in [-0.2, 0) is 11.0 Å². The first kappa shape index (κ1) is 19.3. The molecule has 1 aromatic rings. The molecular formula is C18H23F3N2O2. The first-order chi connectivity index (χ1) is 11.8. The number of hydrogen-bond acceptors (Lipinski definition) is 2. The highest BCUT2D eigenvalue weighted by molar-refractivity contribution is 5.94. The minimum Gasteiger partial charge on any atom is -0.356 e. The van der Waals surface area contributed by atoms with Gasteiger partial charge < -0.3 is 10.2 Å². The lowest BCUT2D eigenvalue weighted by molar-refractivity contribution is -0.137. The molecule has 2 rings (SSSR count). The molecule has 2 amide bonds. The van der Waals surface area contributed by atoms with E-state index < -0.39 is 11.7 Å². The summed E-state index contributed by atoms with van der Waals surface area (Å²) in [4.78, 5) is 26.0. The number of amides is 2. The van der Waals surface area contributed by atoms with Crippen molar-refractivity contribution < 1.29 is 22.8 Å². The molecule has 0 bridgehead atoms. The molecule has 0 unspecified atom stereocenters. The lowest BCUT2D eigenvalue weighted by atomic mass is 9.95. The molecule has 1 aromatic carbocycles. The Balaban J connectivity index is 1.87. The number of rotatable bonds is 5. The van der Waals surface area contributed by atoms with Crippen molar-refractivity contribution in [2.24, 2.45) is 5.92 Å². The van der Waals surface area contributed by atoms with Crippen molar-refractivity contribution in [3.8, 4) is 0 Å². The SMILES string of the molecule is CCCCNC(=O)C1CCN(C(=O)c2ccc(C(F)(F)F)cc2)CC1. The zero-order chi connectivity index (χ0) is 18.4. The van der Waals surface area contributed by atoms with Crippen molar-refractivity contribution in [2.45, 2.75) is 38.8 Å². The highest BCUT2D eigenvalue weighted by atomic mass is 19.4. The monoisotopic (exact) mass is 356 g/mol. The van der Waals surface area contributed by atoms with Gasteiger partial charge in [0.25, 0.3) is 5.91 Å². The van der Waals surface area contributed by atoms with Gasteiger partial charge >= 0.3 is 6.18 Å². The Hall–Kier alpha value is -2.05. The zero-order valence-corrected chi connectivity index (χ0v) is 14.2. The zero-order valence-electron chi connectivity index (χ0n) is 14.2. The highest BCUT2D eigenvalue weighted by Crippen LogP contribution is 2.29. The molecule has 7 heteroatoms. The Morgan fingerprint density at radius 3 is 2.28 bits per heavy atom. The normalized spacial score (nSPS) is 15.9. The topological polar surface area (TPSA) is 49.4 Å². The molecule has 1 aliphatic heterocycles. The van der Waals surface area contributed by atoms with Crippen molar-refractivity contribution in [1.82, 2.24) is 10.2 Å². The van der Waals surface area contributed by atoms with Crippen LogP contribution in [-0.4, -0.2) is 36.3 Å². The second-order valence-electron chi connectivity index (χ2n) is 6.29. The first-order valence-electron chi connectivity index (χ1n) is 8.57. The Kier molecular flexibility index (Phi) is 6.45. The number of carbonyl (C=O) groups excluding carboxylic acids is 2. The maximum atomic E-state index is 12.6. The molecule has 25 heavy (non-hydrogen) atoms. The van der Waals surface area contributed by atoms with Crippen LogP contribution in [0.1, 0.15) is 48.5 Å². The number of halogens is 3.